The number of fused-ring (bicyclic) bond motifs is 1. The van der Waals surface area contributed by atoms with Gasteiger partial charge in [-0.25, -0.2) is 4.98 Å². The number of carboxylic acids is 1. The Bertz CT molecular complexity index is 1320. The van der Waals surface area contributed by atoms with Gasteiger partial charge >= 0.3 is 5.97 Å². The summed E-state index contributed by atoms with van der Waals surface area (Å²) >= 11 is 6.46. The van der Waals surface area contributed by atoms with Crippen molar-refractivity contribution in [1.29, 1.82) is 0 Å². The molecule has 1 heterocycles. The molecule has 1 aromatic heterocycles. The van der Waals surface area contributed by atoms with Crippen LogP contribution in [0.15, 0.2) is 78.9 Å². The molecule has 1 N–H and O–H groups in total. The first-order valence-corrected chi connectivity index (χ1v) is 12.5. The maximum absolute atomic E-state index is 11.8. The zero-order valence-corrected chi connectivity index (χ0v) is 21.2. The smallest absolute Gasteiger partial charge is 0.306 e. The number of aliphatic carboxylic acids is 1. The summed E-state index contributed by atoms with van der Waals surface area (Å²) in [6, 6.07) is 25.0. The fraction of sp³-hybridized carbons (Fsp3) is 0.267. The van der Waals surface area contributed by atoms with Gasteiger partial charge in [0, 0.05) is 10.4 Å². The maximum Gasteiger partial charge on any atom is 0.306 e. The summed E-state index contributed by atoms with van der Waals surface area (Å²) in [5.41, 5.74) is 3.52. The molecule has 0 amide bonds. The van der Waals surface area contributed by atoms with Gasteiger partial charge in [0.05, 0.1) is 17.1 Å². The third kappa shape index (κ3) is 6.76. The van der Waals surface area contributed by atoms with E-state index in [1.165, 1.54) is 0 Å². The van der Waals surface area contributed by atoms with Crippen LogP contribution >= 0.6 is 11.6 Å². The molecular formula is C30H30ClNO4. The van der Waals surface area contributed by atoms with Crippen molar-refractivity contribution in [3.05, 3.63) is 101 Å². The number of ether oxygens (including phenoxy) is 2. The minimum atomic E-state index is -0.801. The Morgan fingerprint density at radius 3 is 2.28 bits per heavy atom. The van der Waals surface area contributed by atoms with Gasteiger partial charge < -0.3 is 14.6 Å². The quantitative estimate of drug-likeness (QED) is 0.232. The molecule has 3 aromatic carbocycles. The molecule has 0 aliphatic heterocycles. The molecule has 0 saturated carbocycles. The first kappa shape index (κ1) is 25.5. The first-order valence-electron chi connectivity index (χ1n) is 12.1. The highest BCUT2D eigenvalue weighted by Gasteiger charge is 2.22. The Balaban J connectivity index is 1.37. The van der Waals surface area contributed by atoms with Gasteiger partial charge in [0.15, 0.2) is 0 Å². The standard InChI is InChI=1S/C30H30ClNO4/c1-20(2)16-23(30(33)34)17-27-22(7-5-8-28(27)31)18-35-25-12-14-26(15-13-25)36-19-24-11-10-21-6-3-4-9-29(21)32-24/h3-15,20,23H,16-19H2,1-2H3,(H,33,34). The highest BCUT2D eigenvalue weighted by atomic mass is 35.5. The summed E-state index contributed by atoms with van der Waals surface area (Å²) in [5.74, 6) is 0.404. The summed E-state index contributed by atoms with van der Waals surface area (Å²) in [5, 5.41) is 11.3. The number of pyridine rings is 1. The van der Waals surface area contributed by atoms with E-state index in [9.17, 15) is 9.90 Å². The van der Waals surface area contributed by atoms with Crippen LogP contribution in [0.2, 0.25) is 5.02 Å². The number of nitrogens with zero attached hydrogens (tertiary/aromatic N) is 1. The Morgan fingerprint density at radius 1 is 0.889 bits per heavy atom. The molecule has 0 radical (unpaired) electrons. The van der Waals surface area contributed by atoms with E-state index < -0.39 is 11.9 Å². The Labute approximate surface area is 216 Å². The van der Waals surface area contributed by atoms with Crippen LogP contribution in [-0.4, -0.2) is 16.1 Å². The predicted molar refractivity (Wildman–Crippen MR) is 143 cm³/mol. The monoisotopic (exact) mass is 503 g/mol. The topological polar surface area (TPSA) is 68.7 Å². The number of hydrogen-bond acceptors (Lipinski definition) is 4. The van der Waals surface area contributed by atoms with Crippen LogP contribution in [-0.2, 0) is 24.4 Å². The lowest BCUT2D eigenvalue weighted by molar-refractivity contribution is -0.142. The molecule has 0 aliphatic rings. The van der Waals surface area contributed by atoms with E-state index in [2.05, 4.69) is 4.98 Å². The van der Waals surface area contributed by atoms with Crippen molar-refractivity contribution in [3.63, 3.8) is 0 Å². The largest absolute Gasteiger partial charge is 0.489 e. The molecule has 4 aromatic rings. The number of carboxylic acid groups (broad SMARTS) is 1. The maximum atomic E-state index is 11.8. The van der Waals surface area contributed by atoms with Crippen molar-refractivity contribution in [2.24, 2.45) is 11.8 Å². The van der Waals surface area contributed by atoms with Gasteiger partial charge in [0.1, 0.15) is 24.7 Å². The number of halogens is 1. The number of hydrogen-bond donors (Lipinski definition) is 1. The fourth-order valence-corrected chi connectivity index (χ4v) is 4.46. The summed E-state index contributed by atoms with van der Waals surface area (Å²) in [6.45, 7) is 4.72. The van der Waals surface area contributed by atoms with Crippen molar-refractivity contribution < 1.29 is 19.4 Å². The normalized spacial score (nSPS) is 12.0. The van der Waals surface area contributed by atoms with E-state index in [4.69, 9.17) is 21.1 Å². The molecule has 6 heteroatoms. The van der Waals surface area contributed by atoms with Crippen LogP contribution in [0.5, 0.6) is 11.5 Å². The SMILES string of the molecule is CC(C)CC(Cc1c(Cl)cccc1COc1ccc(OCc2ccc3ccccc3n2)cc1)C(=O)O. The zero-order valence-electron chi connectivity index (χ0n) is 20.5. The third-order valence-electron chi connectivity index (χ3n) is 6.03. The fourth-order valence-electron chi connectivity index (χ4n) is 4.19. The molecule has 5 nitrogen and oxygen atoms in total. The van der Waals surface area contributed by atoms with E-state index in [1.54, 1.807) is 6.07 Å². The molecule has 0 bridgehead atoms. The van der Waals surface area contributed by atoms with E-state index >= 15 is 0 Å². The second-order valence-corrected chi connectivity index (χ2v) is 9.70. The van der Waals surface area contributed by atoms with Gasteiger partial charge in [-0.3, -0.25) is 4.79 Å². The van der Waals surface area contributed by atoms with Gasteiger partial charge in [-0.05, 0) is 72.4 Å². The van der Waals surface area contributed by atoms with Crippen molar-refractivity contribution in [1.82, 2.24) is 4.98 Å². The average molecular weight is 504 g/mol. The Morgan fingerprint density at radius 2 is 1.58 bits per heavy atom. The summed E-state index contributed by atoms with van der Waals surface area (Å²) in [6.07, 6.45) is 0.971. The Kier molecular flexibility index (Phi) is 8.44. The second kappa shape index (κ2) is 11.9. The van der Waals surface area contributed by atoms with E-state index in [1.807, 2.05) is 86.6 Å². The molecule has 1 atom stereocenters. The summed E-state index contributed by atoms with van der Waals surface area (Å²) in [7, 11) is 0. The van der Waals surface area contributed by atoms with Gasteiger partial charge in [-0.15, -0.1) is 0 Å². The van der Waals surface area contributed by atoms with Gasteiger partial charge in [0.2, 0.25) is 0 Å². The minimum Gasteiger partial charge on any atom is -0.489 e. The number of rotatable bonds is 11. The molecule has 0 saturated heterocycles. The van der Waals surface area contributed by atoms with E-state index in [0.717, 1.165) is 33.5 Å². The minimum absolute atomic E-state index is 0.283. The molecule has 186 valence electrons. The van der Waals surface area contributed by atoms with Crippen molar-refractivity contribution in [2.75, 3.05) is 0 Å². The summed E-state index contributed by atoms with van der Waals surface area (Å²) < 4.78 is 11.9. The van der Waals surface area contributed by atoms with Crippen molar-refractivity contribution in [3.8, 4) is 11.5 Å². The molecule has 0 spiro atoms. The number of carbonyl (C=O) groups is 1. The molecule has 36 heavy (non-hydrogen) atoms. The number of para-hydroxylation sites is 1. The van der Waals surface area contributed by atoms with Crippen LogP contribution in [0, 0.1) is 11.8 Å². The molecular weight excluding hydrogens is 474 g/mol. The lowest BCUT2D eigenvalue weighted by atomic mass is 9.89. The molecule has 0 aliphatic carbocycles. The van der Waals surface area contributed by atoms with Gasteiger partial charge in [0.25, 0.3) is 0 Å². The van der Waals surface area contributed by atoms with Gasteiger partial charge in [-0.1, -0.05) is 61.8 Å². The Hall–Kier alpha value is -3.57. The van der Waals surface area contributed by atoms with Gasteiger partial charge in [-0.2, -0.15) is 0 Å². The highest BCUT2D eigenvalue weighted by molar-refractivity contribution is 6.31. The predicted octanol–water partition coefficient (Wildman–Crippen LogP) is 7.34. The highest BCUT2D eigenvalue weighted by Crippen LogP contribution is 2.28. The first-order chi connectivity index (χ1) is 17.4. The number of aromatic nitrogens is 1. The van der Waals surface area contributed by atoms with Crippen LogP contribution < -0.4 is 9.47 Å². The van der Waals surface area contributed by atoms with Crippen LogP contribution in [0.1, 0.15) is 37.1 Å². The summed E-state index contributed by atoms with van der Waals surface area (Å²) in [4.78, 5) is 16.4. The lowest BCUT2D eigenvalue weighted by Crippen LogP contribution is -2.19. The number of benzene rings is 3. The van der Waals surface area contributed by atoms with Crippen LogP contribution in [0.4, 0.5) is 0 Å². The second-order valence-electron chi connectivity index (χ2n) is 9.29. The average Bonchev–Trinajstić information content (AvgIpc) is 2.87. The van der Waals surface area contributed by atoms with Crippen molar-refractivity contribution in [2.45, 2.75) is 39.9 Å². The van der Waals surface area contributed by atoms with Crippen LogP contribution in [0.25, 0.3) is 10.9 Å². The molecule has 4 rings (SSSR count). The zero-order chi connectivity index (χ0) is 25.5. The van der Waals surface area contributed by atoms with Crippen LogP contribution in [0.3, 0.4) is 0 Å². The van der Waals surface area contributed by atoms with E-state index in [-0.39, 0.29) is 5.92 Å². The van der Waals surface area contributed by atoms with Crippen molar-refractivity contribution >= 4 is 28.5 Å². The van der Waals surface area contributed by atoms with E-state index in [0.29, 0.717) is 36.8 Å². The molecule has 1 unspecified atom stereocenters. The molecule has 0 fully saturated rings. The lowest BCUT2D eigenvalue weighted by Gasteiger charge is -2.18. The third-order valence-corrected chi connectivity index (χ3v) is 6.39.